The molecule has 0 bridgehead atoms. The number of furan rings is 1. The van der Waals surface area contributed by atoms with E-state index in [1.165, 1.54) is 4.90 Å². The molecule has 0 saturated carbocycles. The van der Waals surface area contributed by atoms with Crippen LogP contribution in [0.4, 0.5) is 4.79 Å². The van der Waals surface area contributed by atoms with Crippen molar-refractivity contribution < 1.29 is 23.8 Å². The number of rotatable bonds is 3. The first kappa shape index (κ1) is 19.3. The number of ether oxygens (including phenoxy) is 1. The largest absolute Gasteiger partial charge is 0.480 e. The second kappa shape index (κ2) is 7.70. The van der Waals surface area contributed by atoms with Gasteiger partial charge in [0.1, 0.15) is 17.4 Å². The molecule has 1 fully saturated rings. The van der Waals surface area contributed by atoms with Crippen LogP contribution in [0.2, 0.25) is 0 Å². The summed E-state index contributed by atoms with van der Waals surface area (Å²) in [6.45, 7) is 6.93. The molecule has 1 aliphatic rings. The predicted octanol–water partition coefficient (Wildman–Crippen LogP) is 2.21. The zero-order valence-electron chi connectivity index (χ0n) is 13.5. The first-order valence-electron chi connectivity index (χ1n) is 7.23. The number of piperazine rings is 1. The molecular formula is C15H23ClN2O5. The number of amides is 1. The van der Waals surface area contributed by atoms with Crippen LogP contribution in [0.3, 0.4) is 0 Å². The Kier molecular flexibility index (Phi) is 6.47. The van der Waals surface area contributed by atoms with Crippen LogP contribution in [0.25, 0.3) is 0 Å². The number of halogens is 1. The number of hydrogen-bond donors (Lipinski definition) is 1. The normalized spacial score (nSPS) is 19.1. The molecule has 1 aliphatic heterocycles. The number of carboxylic acids is 1. The van der Waals surface area contributed by atoms with Crippen molar-refractivity contribution in [3.05, 3.63) is 24.2 Å². The Hall–Kier alpha value is -1.73. The highest BCUT2D eigenvalue weighted by atomic mass is 35.5. The fourth-order valence-corrected chi connectivity index (χ4v) is 2.36. The maximum atomic E-state index is 12.2. The predicted molar refractivity (Wildman–Crippen MR) is 85.6 cm³/mol. The molecule has 1 N–H and O–H groups in total. The molecule has 0 aliphatic carbocycles. The average Bonchev–Trinajstić information content (AvgIpc) is 2.89. The van der Waals surface area contributed by atoms with E-state index in [2.05, 4.69) is 0 Å². The highest BCUT2D eigenvalue weighted by Gasteiger charge is 2.37. The van der Waals surface area contributed by atoms with E-state index >= 15 is 0 Å². The summed E-state index contributed by atoms with van der Waals surface area (Å²) in [7, 11) is 0. The molecule has 2 rings (SSSR count). The van der Waals surface area contributed by atoms with Gasteiger partial charge >= 0.3 is 12.1 Å². The summed E-state index contributed by atoms with van der Waals surface area (Å²) in [6.07, 6.45) is 0.999. The van der Waals surface area contributed by atoms with Gasteiger partial charge in [0.15, 0.2) is 0 Å². The monoisotopic (exact) mass is 346 g/mol. The number of carbonyl (C=O) groups is 2. The summed E-state index contributed by atoms with van der Waals surface area (Å²) in [5.41, 5.74) is -0.647. The zero-order chi connectivity index (χ0) is 16.3. The third-order valence-electron chi connectivity index (χ3n) is 3.34. The van der Waals surface area contributed by atoms with Crippen molar-refractivity contribution in [3.63, 3.8) is 0 Å². The summed E-state index contributed by atoms with van der Waals surface area (Å²) in [5.74, 6) is -0.259. The topological polar surface area (TPSA) is 83.2 Å². The minimum absolute atomic E-state index is 0. The Balaban J connectivity index is 0.00000264. The van der Waals surface area contributed by atoms with Crippen LogP contribution in [0.5, 0.6) is 0 Å². The van der Waals surface area contributed by atoms with Crippen LogP contribution in [0, 0.1) is 0 Å². The van der Waals surface area contributed by atoms with Crippen LogP contribution in [-0.2, 0) is 16.1 Å². The van der Waals surface area contributed by atoms with Gasteiger partial charge in [-0.15, -0.1) is 12.4 Å². The van der Waals surface area contributed by atoms with Crippen molar-refractivity contribution in [2.24, 2.45) is 0 Å². The van der Waals surface area contributed by atoms with E-state index in [0.717, 1.165) is 5.76 Å². The number of carbonyl (C=O) groups excluding carboxylic acids is 1. The number of aliphatic carboxylic acids is 1. The second-order valence-corrected chi connectivity index (χ2v) is 6.34. The van der Waals surface area contributed by atoms with Crippen LogP contribution >= 0.6 is 12.4 Å². The molecule has 130 valence electrons. The number of nitrogens with zero attached hydrogens (tertiary/aromatic N) is 2. The van der Waals surface area contributed by atoms with Gasteiger partial charge in [-0.3, -0.25) is 9.80 Å². The Labute approximate surface area is 141 Å². The third-order valence-corrected chi connectivity index (χ3v) is 3.34. The van der Waals surface area contributed by atoms with Gasteiger partial charge in [0, 0.05) is 19.6 Å². The smallest absolute Gasteiger partial charge is 0.411 e. The van der Waals surface area contributed by atoms with Gasteiger partial charge in [0.25, 0.3) is 0 Å². The molecule has 1 atom stereocenters. The van der Waals surface area contributed by atoms with Crippen LogP contribution in [0.15, 0.2) is 22.8 Å². The SMILES string of the molecule is CC(C)(C)OC(=O)N1CCN(Cc2ccco2)CC1C(=O)O.Cl. The molecule has 23 heavy (non-hydrogen) atoms. The van der Waals surface area contributed by atoms with Gasteiger partial charge in [0.2, 0.25) is 0 Å². The summed E-state index contributed by atoms with van der Waals surface area (Å²) in [6, 6.07) is 2.72. The van der Waals surface area contributed by atoms with Crippen molar-refractivity contribution in [2.45, 2.75) is 39.0 Å². The number of carboxylic acid groups (broad SMARTS) is 1. The van der Waals surface area contributed by atoms with E-state index in [4.69, 9.17) is 9.15 Å². The van der Waals surface area contributed by atoms with Crippen LogP contribution < -0.4 is 0 Å². The molecule has 0 spiro atoms. The quantitative estimate of drug-likeness (QED) is 0.903. The molecule has 7 nitrogen and oxygen atoms in total. The van der Waals surface area contributed by atoms with Crippen molar-refractivity contribution in [2.75, 3.05) is 19.6 Å². The second-order valence-electron chi connectivity index (χ2n) is 6.34. The summed E-state index contributed by atoms with van der Waals surface area (Å²) in [5, 5.41) is 9.40. The first-order valence-corrected chi connectivity index (χ1v) is 7.23. The van der Waals surface area contributed by atoms with Crippen LogP contribution in [-0.4, -0.2) is 58.2 Å². The Morgan fingerprint density at radius 3 is 2.61 bits per heavy atom. The van der Waals surface area contributed by atoms with Gasteiger partial charge in [-0.1, -0.05) is 0 Å². The van der Waals surface area contributed by atoms with Crippen molar-refractivity contribution in [3.8, 4) is 0 Å². The summed E-state index contributed by atoms with van der Waals surface area (Å²) < 4.78 is 10.6. The summed E-state index contributed by atoms with van der Waals surface area (Å²) in [4.78, 5) is 26.9. The minimum atomic E-state index is -1.03. The molecule has 2 heterocycles. The van der Waals surface area contributed by atoms with E-state index in [-0.39, 0.29) is 19.0 Å². The Morgan fingerprint density at radius 1 is 1.39 bits per heavy atom. The molecule has 1 aromatic rings. The van der Waals surface area contributed by atoms with Gasteiger partial charge < -0.3 is 14.3 Å². The van der Waals surface area contributed by atoms with Gasteiger partial charge in [0.05, 0.1) is 12.8 Å². The Morgan fingerprint density at radius 2 is 2.09 bits per heavy atom. The highest BCUT2D eigenvalue weighted by molar-refractivity contribution is 5.85. The maximum Gasteiger partial charge on any atom is 0.411 e. The fraction of sp³-hybridized carbons (Fsp3) is 0.600. The van der Waals surface area contributed by atoms with Crippen molar-refractivity contribution >= 4 is 24.5 Å². The molecule has 1 amide bonds. The van der Waals surface area contributed by atoms with E-state index in [0.29, 0.717) is 19.6 Å². The van der Waals surface area contributed by atoms with Gasteiger partial charge in [-0.05, 0) is 32.9 Å². The lowest BCUT2D eigenvalue weighted by molar-refractivity contribution is -0.145. The average molecular weight is 347 g/mol. The zero-order valence-corrected chi connectivity index (χ0v) is 14.3. The van der Waals surface area contributed by atoms with Gasteiger partial charge in [-0.2, -0.15) is 0 Å². The van der Waals surface area contributed by atoms with Crippen LogP contribution in [0.1, 0.15) is 26.5 Å². The molecule has 1 saturated heterocycles. The van der Waals surface area contributed by atoms with Crippen molar-refractivity contribution in [1.82, 2.24) is 9.80 Å². The number of hydrogen-bond acceptors (Lipinski definition) is 5. The molecule has 1 unspecified atom stereocenters. The fourth-order valence-electron chi connectivity index (χ4n) is 2.36. The molecule has 8 heteroatoms. The maximum absolute atomic E-state index is 12.2. The molecule has 0 aromatic carbocycles. The molecule has 1 aromatic heterocycles. The standard InChI is InChI=1S/C15H22N2O5.ClH/c1-15(2,3)22-14(20)17-7-6-16(10-12(17)13(18)19)9-11-5-4-8-21-11;/h4-5,8,12H,6-7,9-10H2,1-3H3,(H,18,19);1H. The lowest BCUT2D eigenvalue weighted by Gasteiger charge is -2.39. The van der Waals surface area contributed by atoms with E-state index in [1.807, 2.05) is 11.0 Å². The first-order chi connectivity index (χ1) is 10.3. The summed E-state index contributed by atoms with van der Waals surface area (Å²) >= 11 is 0. The van der Waals surface area contributed by atoms with E-state index < -0.39 is 23.7 Å². The van der Waals surface area contributed by atoms with Crippen molar-refractivity contribution in [1.29, 1.82) is 0 Å². The molecule has 0 radical (unpaired) electrons. The third kappa shape index (κ3) is 5.44. The lowest BCUT2D eigenvalue weighted by Crippen LogP contribution is -2.58. The molecular weight excluding hydrogens is 324 g/mol. The highest BCUT2D eigenvalue weighted by Crippen LogP contribution is 2.17. The van der Waals surface area contributed by atoms with E-state index in [9.17, 15) is 14.7 Å². The lowest BCUT2D eigenvalue weighted by atomic mass is 10.1. The van der Waals surface area contributed by atoms with Gasteiger partial charge in [-0.25, -0.2) is 9.59 Å². The Bertz CT molecular complexity index is 526. The van der Waals surface area contributed by atoms with E-state index in [1.54, 1.807) is 33.1 Å². The minimum Gasteiger partial charge on any atom is -0.480 e.